The van der Waals surface area contributed by atoms with Crippen molar-refractivity contribution in [1.82, 2.24) is 10.2 Å². The van der Waals surface area contributed by atoms with Gasteiger partial charge in [-0.2, -0.15) is 0 Å². The summed E-state index contributed by atoms with van der Waals surface area (Å²) in [4.78, 5) is 50.3. The van der Waals surface area contributed by atoms with Crippen LogP contribution >= 0.6 is 19.0 Å². The molecular formula is C29H31N3O5PS+. The molecule has 10 heteroatoms. The largest absolute Gasteiger partial charge is 0.480 e. The molecule has 4 N–H and O–H groups in total. The summed E-state index contributed by atoms with van der Waals surface area (Å²) in [5, 5.41) is 13.8. The molecule has 0 bridgehead atoms. The number of benzene rings is 3. The minimum absolute atomic E-state index is 0.0421. The Morgan fingerprint density at radius 3 is 1.87 bits per heavy atom. The Balaban J connectivity index is 1.54. The summed E-state index contributed by atoms with van der Waals surface area (Å²) in [6.45, 7) is -0.257. The number of amides is 3. The second kappa shape index (κ2) is 13.0. The van der Waals surface area contributed by atoms with Crippen molar-refractivity contribution in [2.45, 2.75) is 17.7 Å². The molecule has 0 aliphatic carbocycles. The van der Waals surface area contributed by atoms with Gasteiger partial charge in [-0.3, -0.25) is 24.1 Å². The van der Waals surface area contributed by atoms with Crippen LogP contribution in [-0.4, -0.2) is 70.0 Å². The van der Waals surface area contributed by atoms with E-state index in [9.17, 15) is 19.2 Å². The molecule has 1 heterocycles. The van der Waals surface area contributed by atoms with Crippen molar-refractivity contribution in [1.29, 1.82) is 0 Å². The highest BCUT2D eigenvalue weighted by molar-refractivity contribution is 8.00. The zero-order valence-corrected chi connectivity index (χ0v) is 23.0. The zero-order valence-electron chi connectivity index (χ0n) is 21.3. The molecular weight excluding hydrogens is 533 g/mol. The Bertz CT molecular complexity index is 1210. The molecule has 0 aromatic heterocycles. The monoisotopic (exact) mass is 564 g/mol. The summed E-state index contributed by atoms with van der Waals surface area (Å²) in [5.74, 6) is -2.21. The smallest absolute Gasteiger partial charge is 0.322 e. The van der Waals surface area contributed by atoms with E-state index in [1.807, 2.05) is 54.6 Å². The van der Waals surface area contributed by atoms with Crippen molar-refractivity contribution in [2.24, 2.45) is 5.73 Å². The number of nitrogens with one attached hydrogen (secondary N) is 1. The predicted molar refractivity (Wildman–Crippen MR) is 156 cm³/mol. The topological polar surface area (TPSA) is 130 Å². The van der Waals surface area contributed by atoms with E-state index in [2.05, 4.69) is 41.7 Å². The Labute approximate surface area is 232 Å². The van der Waals surface area contributed by atoms with E-state index in [1.54, 1.807) is 0 Å². The first kappa shape index (κ1) is 28.5. The molecule has 202 valence electrons. The van der Waals surface area contributed by atoms with Crippen molar-refractivity contribution in [3.63, 3.8) is 0 Å². The fourth-order valence-corrected chi connectivity index (χ4v) is 10.1. The number of aliphatic carboxylic acids is 1. The average Bonchev–Trinajstić information content (AvgIpc) is 3.24. The maximum Gasteiger partial charge on any atom is 0.322 e. The fraction of sp³-hybridized carbons (Fsp3) is 0.241. The van der Waals surface area contributed by atoms with Gasteiger partial charge < -0.3 is 16.2 Å². The fourth-order valence-electron chi connectivity index (χ4n) is 4.74. The van der Waals surface area contributed by atoms with E-state index in [4.69, 9.17) is 10.8 Å². The molecule has 0 radical (unpaired) electrons. The van der Waals surface area contributed by atoms with E-state index < -0.39 is 37.0 Å². The molecule has 1 saturated heterocycles. The van der Waals surface area contributed by atoms with Crippen LogP contribution in [0.5, 0.6) is 0 Å². The second-order valence-corrected chi connectivity index (χ2v) is 14.0. The molecule has 3 amide bonds. The zero-order chi connectivity index (χ0) is 27.8. The number of hydrogen-bond donors (Lipinski definition) is 3. The Kier molecular flexibility index (Phi) is 9.51. The lowest BCUT2D eigenvalue weighted by molar-refractivity contribution is -0.138. The molecule has 1 fully saturated rings. The molecule has 1 aliphatic rings. The normalized spacial score (nSPS) is 16.2. The van der Waals surface area contributed by atoms with Crippen LogP contribution in [0.4, 0.5) is 0 Å². The summed E-state index contributed by atoms with van der Waals surface area (Å²) in [6, 6.07) is 29.8. The van der Waals surface area contributed by atoms with Gasteiger partial charge >= 0.3 is 5.97 Å². The van der Waals surface area contributed by atoms with Crippen molar-refractivity contribution in [3.05, 3.63) is 91.0 Å². The number of rotatable bonds is 12. The van der Waals surface area contributed by atoms with E-state index in [0.29, 0.717) is 6.16 Å². The van der Waals surface area contributed by atoms with E-state index in [-0.39, 0.29) is 30.5 Å². The van der Waals surface area contributed by atoms with Crippen molar-refractivity contribution in [2.75, 3.05) is 25.0 Å². The van der Waals surface area contributed by atoms with Crippen molar-refractivity contribution < 1.29 is 24.3 Å². The summed E-state index contributed by atoms with van der Waals surface area (Å²) < 4.78 is 0. The van der Waals surface area contributed by atoms with Gasteiger partial charge in [0.1, 0.15) is 29.7 Å². The molecule has 4 rings (SSSR count). The third-order valence-corrected chi connectivity index (χ3v) is 12.4. The van der Waals surface area contributed by atoms with Crippen LogP contribution in [0.2, 0.25) is 0 Å². The minimum atomic E-state index is -2.21. The van der Waals surface area contributed by atoms with Crippen LogP contribution in [0, 0.1) is 0 Å². The number of carbonyl (C=O) groups is 4. The van der Waals surface area contributed by atoms with Crippen LogP contribution in [0.1, 0.15) is 6.42 Å². The van der Waals surface area contributed by atoms with Crippen LogP contribution in [0.3, 0.4) is 0 Å². The summed E-state index contributed by atoms with van der Waals surface area (Å²) >= 11 is 1.16. The van der Waals surface area contributed by atoms with Gasteiger partial charge in [0.15, 0.2) is 0 Å². The van der Waals surface area contributed by atoms with Crippen molar-refractivity contribution >= 4 is 58.6 Å². The van der Waals surface area contributed by atoms with Gasteiger partial charge in [0.2, 0.25) is 17.7 Å². The third-order valence-electron chi connectivity index (χ3n) is 6.68. The molecule has 2 atom stereocenters. The molecule has 1 aliphatic heterocycles. The maximum atomic E-state index is 13.3. The summed E-state index contributed by atoms with van der Waals surface area (Å²) in [7, 11) is -2.21. The molecule has 8 nitrogen and oxygen atoms in total. The van der Waals surface area contributed by atoms with E-state index in [0.717, 1.165) is 11.8 Å². The number of likely N-dealkylation sites (tertiary alicyclic amines) is 1. The lowest BCUT2D eigenvalue weighted by Gasteiger charge is -2.29. The predicted octanol–water partition coefficient (Wildman–Crippen LogP) is 1.37. The first-order valence-electron chi connectivity index (χ1n) is 12.6. The number of nitrogens with zero attached hydrogens (tertiary/aromatic N) is 1. The molecule has 1 unspecified atom stereocenters. The van der Waals surface area contributed by atoms with Crippen LogP contribution in [0.25, 0.3) is 0 Å². The number of carboxylic acids is 1. The molecule has 0 spiro atoms. The number of carbonyl (C=O) groups excluding carboxylic acids is 3. The standard InChI is InChI=1S/C29H30N3O5PS/c30-24(28(36)31-19-27(34)35)20-39-25-18-26(33)32(29(25)37)16-17-38(21-10-4-1-5-11-21,22-12-6-2-7-13-22)23-14-8-3-9-15-23/h1-15,24-25H,16-20,30H2,(H-,31,34,35,36)/p+1/t24-,25?/m0/s1. The number of imide groups is 1. The Morgan fingerprint density at radius 2 is 1.41 bits per heavy atom. The van der Waals surface area contributed by atoms with Gasteiger partial charge in [-0.1, -0.05) is 54.6 Å². The van der Waals surface area contributed by atoms with Crippen LogP contribution in [0.15, 0.2) is 91.0 Å². The molecule has 39 heavy (non-hydrogen) atoms. The van der Waals surface area contributed by atoms with E-state index >= 15 is 0 Å². The summed E-state index contributed by atoms with van der Waals surface area (Å²) in [6.07, 6.45) is 0.636. The van der Waals surface area contributed by atoms with Gasteiger partial charge in [0.25, 0.3) is 0 Å². The highest BCUT2D eigenvalue weighted by atomic mass is 32.2. The molecule has 3 aromatic carbocycles. The maximum absolute atomic E-state index is 13.3. The average molecular weight is 565 g/mol. The second-order valence-electron chi connectivity index (χ2n) is 9.17. The molecule has 3 aromatic rings. The number of carboxylic acid groups (broad SMARTS) is 1. The van der Waals surface area contributed by atoms with Gasteiger partial charge in [0, 0.05) is 12.2 Å². The minimum Gasteiger partial charge on any atom is -0.480 e. The SMILES string of the molecule is N[C@@H](CSC1CC(=O)N(CC[P+](c2ccccc2)(c2ccccc2)c2ccccc2)C1=O)C(=O)NCC(=O)O. The highest BCUT2D eigenvalue weighted by Crippen LogP contribution is 2.55. The number of hydrogen-bond acceptors (Lipinski definition) is 6. The van der Waals surface area contributed by atoms with Gasteiger partial charge in [0.05, 0.1) is 24.0 Å². The first-order chi connectivity index (χ1) is 18.8. The third kappa shape index (κ3) is 6.56. The number of thioether (sulfide) groups is 1. The molecule has 0 saturated carbocycles. The Morgan fingerprint density at radius 1 is 0.923 bits per heavy atom. The van der Waals surface area contributed by atoms with Crippen LogP contribution < -0.4 is 27.0 Å². The van der Waals surface area contributed by atoms with Crippen LogP contribution in [-0.2, 0) is 19.2 Å². The quantitative estimate of drug-likeness (QED) is 0.224. The lowest BCUT2D eigenvalue weighted by atomic mass is 10.3. The lowest BCUT2D eigenvalue weighted by Crippen LogP contribution is -2.44. The Hall–Kier alpha value is -3.52. The van der Waals surface area contributed by atoms with Gasteiger partial charge in [-0.25, -0.2) is 0 Å². The van der Waals surface area contributed by atoms with Crippen molar-refractivity contribution in [3.8, 4) is 0 Å². The number of nitrogens with two attached hydrogens (primary N) is 1. The first-order valence-corrected chi connectivity index (χ1v) is 15.6. The summed E-state index contributed by atoms with van der Waals surface area (Å²) in [5.41, 5.74) is 5.87. The van der Waals surface area contributed by atoms with Gasteiger partial charge in [-0.05, 0) is 36.4 Å². The van der Waals surface area contributed by atoms with E-state index in [1.165, 1.54) is 20.8 Å². The highest BCUT2D eigenvalue weighted by Gasteiger charge is 2.47. The van der Waals surface area contributed by atoms with Gasteiger partial charge in [-0.15, -0.1) is 11.8 Å².